The molecule has 0 aliphatic carbocycles. The fourth-order valence-corrected chi connectivity index (χ4v) is 2.95. The molecule has 2 heterocycles. The highest BCUT2D eigenvalue weighted by atomic mass is 35.5. The van der Waals surface area contributed by atoms with Crippen molar-refractivity contribution in [3.8, 4) is 17.6 Å². The number of aromatic nitrogens is 1. The van der Waals surface area contributed by atoms with Gasteiger partial charge in [0.15, 0.2) is 16.7 Å². The molecule has 1 aliphatic heterocycles. The Morgan fingerprint density at radius 2 is 2.25 bits per heavy atom. The van der Waals surface area contributed by atoms with E-state index in [0.29, 0.717) is 10.6 Å². The summed E-state index contributed by atoms with van der Waals surface area (Å²) in [6.45, 7) is 2.25. The summed E-state index contributed by atoms with van der Waals surface area (Å²) < 4.78 is 14.6. The van der Waals surface area contributed by atoms with Crippen molar-refractivity contribution in [3.05, 3.63) is 34.5 Å². The zero-order chi connectivity index (χ0) is 14.1. The van der Waals surface area contributed by atoms with Crippen molar-refractivity contribution in [2.75, 3.05) is 12.1 Å². The van der Waals surface area contributed by atoms with Crippen LogP contribution >= 0.6 is 23.1 Å². The molecule has 20 heavy (non-hydrogen) atoms. The molecule has 1 atom stereocenters. The Bertz CT molecular complexity index is 695. The van der Waals surface area contributed by atoms with Crippen LogP contribution in [-0.4, -0.2) is 11.2 Å². The SMILES string of the molecule is C[C@H](Nc1snc(Cl)c1C#N)c1ccc2c(c1)OCO2. The summed E-state index contributed by atoms with van der Waals surface area (Å²) in [5, 5.41) is 13.2. The van der Waals surface area contributed by atoms with E-state index in [-0.39, 0.29) is 18.0 Å². The summed E-state index contributed by atoms with van der Waals surface area (Å²) in [7, 11) is 0. The molecule has 5 nitrogen and oxygen atoms in total. The van der Waals surface area contributed by atoms with Crippen molar-refractivity contribution in [1.82, 2.24) is 4.37 Å². The summed E-state index contributed by atoms with van der Waals surface area (Å²) in [5.41, 5.74) is 1.41. The van der Waals surface area contributed by atoms with Gasteiger partial charge in [0.25, 0.3) is 0 Å². The van der Waals surface area contributed by atoms with Crippen molar-refractivity contribution < 1.29 is 9.47 Å². The number of halogens is 1. The van der Waals surface area contributed by atoms with Gasteiger partial charge in [0.05, 0.1) is 0 Å². The quantitative estimate of drug-likeness (QED) is 0.939. The number of ether oxygens (including phenoxy) is 2. The summed E-state index contributed by atoms with van der Waals surface area (Å²) in [4.78, 5) is 0. The molecule has 0 unspecified atom stereocenters. The molecule has 0 amide bonds. The molecule has 0 spiro atoms. The molecule has 0 bridgehead atoms. The number of rotatable bonds is 3. The molecule has 1 aliphatic rings. The second kappa shape index (κ2) is 5.19. The Balaban J connectivity index is 1.83. The number of anilines is 1. The van der Waals surface area contributed by atoms with E-state index in [4.69, 9.17) is 26.3 Å². The van der Waals surface area contributed by atoms with E-state index in [9.17, 15) is 0 Å². The van der Waals surface area contributed by atoms with Gasteiger partial charge < -0.3 is 14.8 Å². The first-order valence-electron chi connectivity index (χ1n) is 5.90. The second-order valence-corrected chi connectivity index (χ2v) is 5.40. The predicted molar refractivity (Wildman–Crippen MR) is 76.4 cm³/mol. The standard InChI is InChI=1S/C13H10ClN3O2S/c1-7(16-13-9(5-15)12(14)17-20-13)8-2-3-10-11(4-8)19-6-18-10/h2-4,7,16H,6H2,1H3/t7-/m0/s1. The largest absolute Gasteiger partial charge is 0.454 e. The van der Waals surface area contributed by atoms with E-state index < -0.39 is 0 Å². The molecular formula is C13H10ClN3O2S. The fourth-order valence-electron chi connectivity index (χ4n) is 1.93. The number of nitriles is 1. The normalized spacial score (nSPS) is 13.8. The van der Waals surface area contributed by atoms with Crippen LogP contribution in [0.15, 0.2) is 18.2 Å². The van der Waals surface area contributed by atoms with Gasteiger partial charge in [0, 0.05) is 6.04 Å². The molecule has 0 saturated heterocycles. The second-order valence-electron chi connectivity index (χ2n) is 4.27. The Morgan fingerprint density at radius 3 is 3.05 bits per heavy atom. The van der Waals surface area contributed by atoms with Crippen LogP contribution in [0.4, 0.5) is 5.00 Å². The van der Waals surface area contributed by atoms with Crippen molar-refractivity contribution in [3.63, 3.8) is 0 Å². The van der Waals surface area contributed by atoms with Gasteiger partial charge in [0.1, 0.15) is 16.6 Å². The fraction of sp³-hybridized carbons (Fsp3) is 0.231. The van der Waals surface area contributed by atoms with Gasteiger partial charge in [-0.15, -0.1) is 0 Å². The van der Waals surface area contributed by atoms with Crippen molar-refractivity contribution >= 4 is 28.1 Å². The monoisotopic (exact) mass is 307 g/mol. The third-order valence-corrected chi connectivity index (χ3v) is 4.16. The van der Waals surface area contributed by atoms with Gasteiger partial charge in [-0.2, -0.15) is 9.64 Å². The van der Waals surface area contributed by atoms with E-state index in [2.05, 4.69) is 15.8 Å². The molecule has 0 saturated carbocycles. The van der Waals surface area contributed by atoms with Crippen LogP contribution in [0.25, 0.3) is 0 Å². The number of hydrogen-bond donors (Lipinski definition) is 1. The number of benzene rings is 1. The Labute approximate surface area is 124 Å². The third kappa shape index (κ3) is 2.26. The number of nitrogens with zero attached hydrogens (tertiary/aromatic N) is 2. The average Bonchev–Trinajstić information content (AvgIpc) is 3.04. The van der Waals surface area contributed by atoms with Gasteiger partial charge in [-0.25, -0.2) is 0 Å². The van der Waals surface area contributed by atoms with Crippen molar-refractivity contribution in [2.45, 2.75) is 13.0 Å². The highest BCUT2D eigenvalue weighted by Crippen LogP contribution is 2.36. The molecule has 1 aromatic heterocycles. The van der Waals surface area contributed by atoms with Crippen LogP contribution in [0.3, 0.4) is 0 Å². The lowest BCUT2D eigenvalue weighted by Crippen LogP contribution is -2.06. The summed E-state index contributed by atoms with van der Waals surface area (Å²) in [5.74, 6) is 1.48. The van der Waals surface area contributed by atoms with E-state index in [1.807, 2.05) is 25.1 Å². The minimum absolute atomic E-state index is 0.00637. The minimum Gasteiger partial charge on any atom is -0.454 e. The molecule has 7 heteroatoms. The zero-order valence-corrected chi connectivity index (χ0v) is 12.1. The molecular weight excluding hydrogens is 298 g/mol. The molecule has 1 aromatic carbocycles. The Morgan fingerprint density at radius 1 is 1.45 bits per heavy atom. The highest BCUT2D eigenvalue weighted by molar-refractivity contribution is 7.10. The van der Waals surface area contributed by atoms with Gasteiger partial charge in [-0.05, 0) is 36.2 Å². The topological polar surface area (TPSA) is 67.2 Å². The third-order valence-electron chi connectivity index (χ3n) is 3.01. The maximum absolute atomic E-state index is 9.05. The van der Waals surface area contributed by atoms with E-state index in [1.54, 1.807) is 0 Å². The molecule has 0 fully saturated rings. The summed E-state index contributed by atoms with van der Waals surface area (Å²) >= 11 is 7.03. The van der Waals surface area contributed by atoms with Crippen LogP contribution in [0.5, 0.6) is 11.5 Å². The maximum atomic E-state index is 9.05. The lowest BCUT2D eigenvalue weighted by atomic mass is 10.1. The van der Waals surface area contributed by atoms with Gasteiger partial charge in [-0.3, -0.25) is 0 Å². The Hall–Kier alpha value is -1.97. The number of nitrogens with one attached hydrogen (secondary N) is 1. The molecule has 3 rings (SSSR count). The summed E-state index contributed by atoms with van der Waals surface area (Å²) in [6.07, 6.45) is 0. The molecule has 2 aromatic rings. The first-order valence-corrected chi connectivity index (χ1v) is 7.05. The maximum Gasteiger partial charge on any atom is 0.231 e. The zero-order valence-electron chi connectivity index (χ0n) is 10.5. The highest BCUT2D eigenvalue weighted by Gasteiger charge is 2.18. The van der Waals surface area contributed by atoms with Crippen molar-refractivity contribution in [2.24, 2.45) is 0 Å². The lowest BCUT2D eigenvalue weighted by molar-refractivity contribution is 0.174. The van der Waals surface area contributed by atoms with Gasteiger partial charge >= 0.3 is 0 Å². The van der Waals surface area contributed by atoms with Crippen LogP contribution in [0.2, 0.25) is 5.15 Å². The molecule has 102 valence electrons. The Kier molecular flexibility index (Phi) is 3.38. The van der Waals surface area contributed by atoms with Gasteiger partial charge in [0.2, 0.25) is 6.79 Å². The van der Waals surface area contributed by atoms with Crippen LogP contribution < -0.4 is 14.8 Å². The minimum atomic E-state index is -0.00637. The van der Waals surface area contributed by atoms with E-state index in [1.165, 1.54) is 11.5 Å². The average molecular weight is 308 g/mol. The molecule has 1 N–H and O–H groups in total. The van der Waals surface area contributed by atoms with Gasteiger partial charge in [-0.1, -0.05) is 17.7 Å². The summed E-state index contributed by atoms with van der Waals surface area (Å²) in [6, 6.07) is 7.80. The smallest absolute Gasteiger partial charge is 0.231 e. The predicted octanol–water partition coefficient (Wildman–Crippen LogP) is 3.57. The number of hydrogen-bond acceptors (Lipinski definition) is 6. The molecule has 0 radical (unpaired) electrons. The van der Waals surface area contributed by atoms with E-state index in [0.717, 1.165) is 17.1 Å². The van der Waals surface area contributed by atoms with Crippen LogP contribution in [-0.2, 0) is 0 Å². The van der Waals surface area contributed by atoms with Crippen LogP contribution in [0.1, 0.15) is 24.1 Å². The first-order chi connectivity index (χ1) is 9.69. The first kappa shape index (κ1) is 13.0. The van der Waals surface area contributed by atoms with Crippen molar-refractivity contribution in [1.29, 1.82) is 5.26 Å². The van der Waals surface area contributed by atoms with E-state index >= 15 is 0 Å². The number of fused-ring (bicyclic) bond motifs is 1. The lowest BCUT2D eigenvalue weighted by Gasteiger charge is -2.14. The van der Waals surface area contributed by atoms with Crippen LogP contribution in [0, 0.1) is 11.3 Å².